The first-order valence-electron chi connectivity index (χ1n) is 6.44. The Kier molecular flexibility index (Phi) is 5.23. The van der Waals surface area contributed by atoms with Crippen LogP contribution in [0.15, 0.2) is 22.7 Å². The average molecular weight is 313 g/mol. The number of hydrogen-bond donors (Lipinski definition) is 1. The van der Waals surface area contributed by atoms with Crippen molar-refractivity contribution >= 4 is 21.6 Å². The van der Waals surface area contributed by atoms with Gasteiger partial charge in [0.25, 0.3) is 0 Å². The lowest BCUT2D eigenvalue weighted by Gasteiger charge is -2.29. The van der Waals surface area contributed by atoms with E-state index in [1.54, 1.807) is 0 Å². The molecule has 2 N–H and O–H groups in total. The van der Waals surface area contributed by atoms with Crippen molar-refractivity contribution in [2.45, 2.75) is 40.2 Å². The molecule has 1 rings (SSSR count). The van der Waals surface area contributed by atoms with Crippen LogP contribution in [0.5, 0.6) is 0 Å². The van der Waals surface area contributed by atoms with Gasteiger partial charge in [0.2, 0.25) is 0 Å². The molecule has 0 aliphatic carbocycles. The molecule has 1 aromatic carbocycles. The van der Waals surface area contributed by atoms with Crippen LogP contribution in [0.2, 0.25) is 0 Å². The van der Waals surface area contributed by atoms with E-state index < -0.39 is 0 Å². The van der Waals surface area contributed by atoms with E-state index in [1.165, 1.54) is 11.3 Å². The molecule has 0 saturated carbocycles. The molecule has 0 aromatic heterocycles. The standard InChI is InChI=1S/C15H25BrN2/c1-11(17)8-12-6-7-14(13(16)9-12)18(5)10-15(2,3)4/h6-7,9,11H,8,10,17H2,1-5H3. The minimum Gasteiger partial charge on any atom is -0.373 e. The van der Waals surface area contributed by atoms with Gasteiger partial charge in [0.1, 0.15) is 0 Å². The molecule has 0 heterocycles. The summed E-state index contributed by atoms with van der Waals surface area (Å²) in [5.74, 6) is 0. The maximum Gasteiger partial charge on any atom is 0.0508 e. The average Bonchev–Trinajstić information content (AvgIpc) is 2.13. The van der Waals surface area contributed by atoms with Gasteiger partial charge in [-0.1, -0.05) is 26.8 Å². The van der Waals surface area contributed by atoms with Gasteiger partial charge in [-0.3, -0.25) is 0 Å². The summed E-state index contributed by atoms with van der Waals surface area (Å²) < 4.78 is 1.15. The van der Waals surface area contributed by atoms with Crippen molar-refractivity contribution in [3.05, 3.63) is 28.2 Å². The molecule has 0 saturated heterocycles. The third-order valence-electron chi connectivity index (χ3n) is 2.69. The normalized spacial score (nSPS) is 13.5. The second-order valence-electron chi connectivity index (χ2n) is 6.38. The van der Waals surface area contributed by atoms with E-state index in [4.69, 9.17) is 5.73 Å². The summed E-state index contributed by atoms with van der Waals surface area (Å²) in [5, 5.41) is 0. The number of nitrogens with two attached hydrogens (primary N) is 1. The topological polar surface area (TPSA) is 29.3 Å². The second kappa shape index (κ2) is 6.07. The van der Waals surface area contributed by atoms with Crippen LogP contribution in [0.3, 0.4) is 0 Å². The van der Waals surface area contributed by atoms with E-state index in [0.29, 0.717) is 5.41 Å². The van der Waals surface area contributed by atoms with Gasteiger partial charge in [0.05, 0.1) is 5.69 Å². The SMILES string of the molecule is CC(N)Cc1ccc(N(C)CC(C)(C)C)c(Br)c1. The number of halogens is 1. The quantitative estimate of drug-likeness (QED) is 0.915. The first kappa shape index (κ1) is 15.5. The predicted octanol–water partition coefficient (Wildman–Crippen LogP) is 3.82. The number of anilines is 1. The van der Waals surface area contributed by atoms with Crippen molar-refractivity contribution in [3.63, 3.8) is 0 Å². The number of benzene rings is 1. The van der Waals surface area contributed by atoms with Crippen LogP contribution in [-0.2, 0) is 6.42 Å². The maximum absolute atomic E-state index is 5.83. The molecule has 0 fully saturated rings. The van der Waals surface area contributed by atoms with Crippen LogP contribution < -0.4 is 10.6 Å². The van der Waals surface area contributed by atoms with Crippen LogP contribution in [-0.4, -0.2) is 19.6 Å². The second-order valence-corrected chi connectivity index (χ2v) is 7.24. The van der Waals surface area contributed by atoms with E-state index in [2.05, 4.69) is 66.8 Å². The smallest absolute Gasteiger partial charge is 0.0508 e. The van der Waals surface area contributed by atoms with E-state index in [-0.39, 0.29) is 6.04 Å². The molecule has 2 nitrogen and oxygen atoms in total. The lowest BCUT2D eigenvalue weighted by Crippen LogP contribution is -2.29. The van der Waals surface area contributed by atoms with Gasteiger partial charge < -0.3 is 10.6 Å². The summed E-state index contributed by atoms with van der Waals surface area (Å²) in [5.41, 5.74) is 8.64. The highest BCUT2D eigenvalue weighted by Gasteiger charge is 2.15. The van der Waals surface area contributed by atoms with E-state index >= 15 is 0 Å². The van der Waals surface area contributed by atoms with Gasteiger partial charge in [-0.15, -0.1) is 0 Å². The minimum atomic E-state index is 0.204. The molecule has 18 heavy (non-hydrogen) atoms. The summed E-state index contributed by atoms with van der Waals surface area (Å²) in [6.07, 6.45) is 0.919. The number of hydrogen-bond acceptors (Lipinski definition) is 2. The Balaban J connectivity index is 2.85. The monoisotopic (exact) mass is 312 g/mol. The third-order valence-corrected chi connectivity index (χ3v) is 3.33. The highest BCUT2D eigenvalue weighted by atomic mass is 79.9. The molecule has 0 aliphatic rings. The highest BCUT2D eigenvalue weighted by Crippen LogP contribution is 2.29. The van der Waals surface area contributed by atoms with Crippen LogP contribution in [0.1, 0.15) is 33.3 Å². The fourth-order valence-corrected chi connectivity index (χ4v) is 2.88. The molecular formula is C15H25BrN2. The molecule has 0 spiro atoms. The molecular weight excluding hydrogens is 288 g/mol. The fourth-order valence-electron chi connectivity index (χ4n) is 2.16. The maximum atomic E-state index is 5.83. The molecule has 1 aromatic rings. The zero-order chi connectivity index (χ0) is 13.9. The summed E-state index contributed by atoms with van der Waals surface area (Å²) in [4.78, 5) is 2.29. The van der Waals surface area contributed by atoms with E-state index in [0.717, 1.165) is 17.4 Å². The molecule has 0 aliphatic heterocycles. The van der Waals surface area contributed by atoms with Gasteiger partial charge >= 0.3 is 0 Å². The van der Waals surface area contributed by atoms with Crippen molar-refractivity contribution in [2.75, 3.05) is 18.5 Å². The van der Waals surface area contributed by atoms with Crippen molar-refractivity contribution in [1.82, 2.24) is 0 Å². The van der Waals surface area contributed by atoms with Gasteiger partial charge in [-0.2, -0.15) is 0 Å². The molecule has 1 unspecified atom stereocenters. The molecule has 1 atom stereocenters. The molecule has 0 radical (unpaired) electrons. The van der Waals surface area contributed by atoms with Crippen LogP contribution in [0.4, 0.5) is 5.69 Å². The van der Waals surface area contributed by atoms with Crippen LogP contribution >= 0.6 is 15.9 Å². The molecule has 0 amide bonds. The predicted molar refractivity (Wildman–Crippen MR) is 84.2 cm³/mol. The Hall–Kier alpha value is -0.540. The van der Waals surface area contributed by atoms with Crippen LogP contribution in [0, 0.1) is 5.41 Å². The van der Waals surface area contributed by atoms with Crippen LogP contribution in [0.25, 0.3) is 0 Å². The first-order valence-corrected chi connectivity index (χ1v) is 7.23. The largest absolute Gasteiger partial charge is 0.373 e. The molecule has 102 valence electrons. The minimum absolute atomic E-state index is 0.204. The lowest BCUT2D eigenvalue weighted by atomic mass is 9.96. The van der Waals surface area contributed by atoms with Crippen molar-refractivity contribution < 1.29 is 0 Å². The Bertz CT molecular complexity index is 394. The molecule has 3 heteroatoms. The Morgan fingerprint density at radius 3 is 2.39 bits per heavy atom. The molecule has 0 bridgehead atoms. The summed E-state index contributed by atoms with van der Waals surface area (Å²) >= 11 is 3.66. The third kappa shape index (κ3) is 4.99. The van der Waals surface area contributed by atoms with Gasteiger partial charge in [0.15, 0.2) is 0 Å². The van der Waals surface area contributed by atoms with Crippen molar-refractivity contribution in [2.24, 2.45) is 11.1 Å². The zero-order valence-corrected chi connectivity index (χ0v) is 13.7. The number of nitrogens with zero attached hydrogens (tertiary/aromatic N) is 1. The Morgan fingerprint density at radius 1 is 1.33 bits per heavy atom. The Labute approximate surface area is 120 Å². The highest BCUT2D eigenvalue weighted by molar-refractivity contribution is 9.10. The lowest BCUT2D eigenvalue weighted by molar-refractivity contribution is 0.419. The van der Waals surface area contributed by atoms with E-state index in [1.807, 2.05) is 6.92 Å². The van der Waals surface area contributed by atoms with Crippen molar-refractivity contribution in [1.29, 1.82) is 0 Å². The summed E-state index contributed by atoms with van der Waals surface area (Å²) in [6.45, 7) is 9.82. The Morgan fingerprint density at radius 2 is 1.94 bits per heavy atom. The van der Waals surface area contributed by atoms with E-state index in [9.17, 15) is 0 Å². The number of rotatable bonds is 4. The first-order chi connectivity index (χ1) is 8.19. The van der Waals surface area contributed by atoms with Crippen molar-refractivity contribution in [3.8, 4) is 0 Å². The van der Waals surface area contributed by atoms with Gasteiger partial charge in [-0.25, -0.2) is 0 Å². The van der Waals surface area contributed by atoms with Gasteiger partial charge in [-0.05, 0) is 52.4 Å². The summed E-state index contributed by atoms with van der Waals surface area (Å²) in [6, 6.07) is 6.73. The zero-order valence-electron chi connectivity index (χ0n) is 12.1. The fraction of sp³-hybridized carbons (Fsp3) is 0.600. The van der Waals surface area contributed by atoms with Gasteiger partial charge in [0, 0.05) is 24.1 Å². The summed E-state index contributed by atoms with van der Waals surface area (Å²) in [7, 11) is 2.14.